The molecule has 1 N–H and O–H groups in total. The number of halogens is 2. The fourth-order valence-corrected chi connectivity index (χ4v) is 6.25. The highest BCUT2D eigenvalue weighted by Crippen LogP contribution is 2.47. The molecule has 2 heterocycles. The van der Waals surface area contributed by atoms with Crippen LogP contribution >= 0.6 is 0 Å². The van der Waals surface area contributed by atoms with Crippen LogP contribution in [-0.2, 0) is 29.0 Å². The van der Waals surface area contributed by atoms with Crippen molar-refractivity contribution in [2.24, 2.45) is 0 Å². The molecular formula is C34H37F2NO5. The largest absolute Gasteiger partial charge is 0.490 e. The summed E-state index contributed by atoms with van der Waals surface area (Å²) in [4.78, 5) is 28.0. The van der Waals surface area contributed by atoms with Crippen molar-refractivity contribution in [3.8, 4) is 16.9 Å². The monoisotopic (exact) mass is 577 g/mol. The van der Waals surface area contributed by atoms with Crippen molar-refractivity contribution in [3.63, 3.8) is 0 Å². The number of aryl methyl sites for hydroxylation is 1. The number of aliphatic carboxylic acids is 1. The van der Waals surface area contributed by atoms with Gasteiger partial charge in [0.1, 0.15) is 5.82 Å². The lowest BCUT2D eigenvalue weighted by atomic mass is 9.81. The number of carbonyl (C=O) groups is 2. The number of benzene rings is 3. The van der Waals surface area contributed by atoms with Gasteiger partial charge in [-0.05, 0) is 124 Å². The third-order valence-electron chi connectivity index (χ3n) is 8.39. The third-order valence-corrected chi connectivity index (χ3v) is 8.39. The van der Waals surface area contributed by atoms with Gasteiger partial charge < -0.3 is 19.5 Å². The molecule has 0 saturated heterocycles. The molecule has 0 fully saturated rings. The zero-order valence-corrected chi connectivity index (χ0v) is 25.2. The SMILES string of the molecule is Cc1ccc(C(=O)N2Cc3c(C)c(-c4cc(F)c5c(c4C)CCCO5)c([C@H](OC(C)(C)C)C(=O)O)c(C)c3C2)cc1F. The van der Waals surface area contributed by atoms with Crippen molar-refractivity contribution in [2.75, 3.05) is 6.61 Å². The zero-order chi connectivity index (χ0) is 30.7. The fourth-order valence-electron chi connectivity index (χ4n) is 6.25. The Morgan fingerprint density at radius 3 is 2.24 bits per heavy atom. The zero-order valence-electron chi connectivity index (χ0n) is 25.2. The van der Waals surface area contributed by atoms with Gasteiger partial charge in [0.2, 0.25) is 0 Å². The number of ether oxygens (including phenoxy) is 2. The maximum atomic E-state index is 15.5. The molecule has 2 aliphatic rings. The molecule has 0 unspecified atom stereocenters. The second-order valence-corrected chi connectivity index (χ2v) is 12.4. The number of carboxylic acids is 1. The van der Waals surface area contributed by atoms with Crippen molar-refractivity contribution in [3.05, 3.63) is 86.0 Å². The molecule has 222 valence electrons. The number of rotatable bonds is 5. The molecule has 5 rings (SSSR count). The molecule has 0 radical (unpaired) electrons. The Bertz CT molecular complexity index is 1620. The Hall–Kier alpha value is -3.78. The van der Waals surface area contributed by atoms with E-state index in [2.05, 4.69) is 0 Å². The highest BCUT2D eigenvalue weighted by Gasteiger charge is 2.37. The topological polar surface area (TPSA) is 76.1 Å². The van der Waals surface area contributed by atoms with Crippen LogP contribution in [0.4, 0.5) is 8.78 Å². The minimum absolute atomic E-state index is 0.233. The van der Waals surface area contributed by atoms with E-state index >= 15 is 4.39 Å². The molecular weight excluding hydrogens is 540 g/mol. The summed E-state index contributed by atoms with van der Waals surface area (Å²) in [6.07, 6.45) is 0.0723. The van der Waals surface area contributed by atoms with Crippen LogP contribution in [0.2, 0.25) is 0 Å². The summed E-state index contributed by atoms with van der Waals surface area (Å²) in [6.45, 7) is 13.6. The number of carbonyl (C=O) groups excluding carboxylic acids is 1. The van der Waals surface area contributed by atoms with Crippen LogP contribution in [0.3, 0.4) is 0 Å². The molecule has 6 nitrogen and oxygen atoms in total. The highest BCUT2D eigenvalue weighted by molar-refractivity contribution is 5.95. The summed E-state index contributed by atoms with van der Waals surface area (Å²) >= 11 is 0. The van der Waals surface area contributed by atoms with Crippen LogP contribution < -0.4 is 4.74 Å². The van der Waals surface area contributed by atoms with Crippen LogP contribution in [0.1, 0.15) is 88.2 Å². The third kappa shape index (κ3) is 5.17. The second kappa shape index (κ2) is 10.8. The average Bonchev–Trinajstić information content (AvgIpc) is 3.38. The van der Waals surface area contributed by atoms with Gasteiger partial charge in [-0.15, -0.1) is 0 Å². The Morgan fingerprint density at radius 1 is 0.952 bits per heavy atom. The number of fused-ring (bicyclic) bond motifs is 2. The molecule has 3 aromatic rings. The fraction of sp³-hybridized carbons (Fsp3) is 0.412. The number of hydrogen-bond donors (Lipinski definition) is 1. The summed E-state index contributed by atoms with van der Waals surface area (Å²) in [5.74, 6) is -2.17. The van der Waals surface area contributed by atoms with E-state index in [4.69, 9.17) is 9.47 Å². The van der Waals surface area contributed by atoms with E-state index in [0.29, 0.717) is 40.8 Å². The number of hydrogen-bond acceptors (Lipinski definition) is 4. The first-order valence-electron chi connectivity index (χ1n) is 14.3. The van der Waals surface area contributed by atoms with Crippen LogP contribution in [-0.4, -0.2) is 34.1 Å². The van der Waals surface area contributed by atoms with Crippen LogP contribution in [0.25, 0.3) is 11.1 Å². The van der Waals surface area contributed by atoms with E-state index in [-0.39, 0.29) is 30.3 Å². The van der Waals surface area contributed by atoms with Gasteiger partial charge in [-0.2, -0.15) is 0 Å². The smallest absolute Gasteiger partial charge is 0.337 e. The van der Waals surface area contributed by atoms with E-state index in [1.807, 2.05) is 20.8 Å². The van der Waals surface area contributed by atoms with Gasteiger partial charge in [0, 0.05) is 29.8 Å². The van der Waals surface area contributed by atoms with Gasteiger partial charge in [-0.3, -0.25) is 4.79 Å². The highest BCUT2D eigenvalue weighted by atomic mass is 19.1. The van der Waals surface area contributed by atoms with Gasteiger partial charge in [0.05, 0.1) is 12.2 Å². The van der Waals surface area contributed by atoms with Crippen LogP contribution in [0, 0.1) is 39.3 Å². The lowest BCUT2D eigenvalue weighted by Gasteiger charge is -2.31. The Morgan fingerprint density at radius 2 is 1.62 bits per heavy atom. The van der Waals surface area contributed by atoms with Crippen molar-refractivity contribution in [1.82, 2.24) is 4.90 Å². The molecule has 8 heteroatoms. The summed E-state index contributed by atoms with van der Waals surface area (Å²) < 4.78 is 41.7. The number of amides is 1. The predicted octanol–water partition coefficient (Wildman–Crippen LogP) is 7.29. The molecule has 0 spiro atoms. The Labute approximate surface area is 245 Å². The summed E-state index contributed by atoms with van der Waals surface area (Å²) in [7, 11) is 0. The van der Waals surface area contributed by atoms with Gasteiger partial charge in [0.25, 0.3) is 5.91 Å². The molecule has 0 bridgehead atoms. The second-order valence-electron chi connectivity index (χ2n) is 12.4. The van der Waals surface area contributed by atoms with E-state index in [9.17, 15) is 19.1 Å². The van der Waals surface area contributed by atoms with Crippen molar-refractivity contribution >= 4 is 11.9 Å². The molecule has 2 aliphatic heterocycles. The molecule has 42 heavy (non-hydrogen) atoms. The molecule has 0 aliphatic carbocycles. The van der Waals surface area contributed by atoms with E-state index in [1.165, 1.54) is 12.1 Å². The van der Waals surface area contributed by atoms with Gasteiger partial charge >= 0.3 is 5.97 Å². The van der Waals surface area contributed by atoms with Gasteiger partial charge in [-0.1, -0.05) is 6.07 Å². The number of carboxylic acid groups (broad SMARTS) is 1. The lowest BCUT2D eigenvalue weighted by Crippen LogP contribution is -2.29. The van der Waals surface area contributed by atoms with Crippen LogP contribution in [0.15, 0.2) is 24.3 Å². The first kappa shape index (κ1) is 29.7. The maximum Gasteiger partial charge on any atom is 0.337 e. The normalized spacial score (nSPS) is 15.2. The standard InChI is InChI=1S/C34H37F2NO5/c1-17-10-11-21(13-26(17)35)32(38)37-15-24-19(3)28(23-14-27(36)30-22(18(23)2)9-8-12-41-30)29(20(4)25(24)16-37)31(33(39)40)42-34(5,6)7/h10-11,13-14,31H,8-9,12,15-16H2,1-7H3,(H,39,40)/t31-/m0/s1. The quantitative estimate of drug-likeness (QED) is 0.345. The van der Waals surface area contributed by atoms with E-state index in [1.54, 1.807) is 44.7 Å². The molecule has 0 saturated carbocycles. The first-order valence-corrected chi connectivity index (χ1v) is 14.3. The van der Waals surface area contributed by atoms with E-state index < -0.39 is 29.3 Å². The minimum atomic E-state index is -1.34. The predicted molar refractivity (Wildman–Crippen MR) is 156 cm³/mol. The molecule has 1 amide bonds. The lowest BCUT2D eigenvalue weighted by molar-refractivity contribution is -0.160. The molecule has 1 atom stereocenters. The van der Waals surface area contributed by atoms with Gasteiger partial charge in [0.15, 0.2) is 17.7 Å². The minimum Gasteiger partial charge on any atom is -0.490 e. The summed E-state index contributed by atoms with van der Waals surface area (Å²) in [6, 6.07) is 5.87. The van der Waals surface area contributed by atoms with Crippen molar-refractivity contribution in [1.29, 1.82) is 0 Å². The van der Waals surface area contributed by atoms with Crippen molar-refractivity contribution in [2.45, 2.75) is 86.1 Å². The average molecular weight is 578 g/mol. The maximum absolute atomic E-state index is 15.5. The summed E-state index contributed by atoms with van der Waals surface area (Å²) in [5, 5.41) is 10.5. The Balaban J connectivity index is 1.73. The van der Waals surface area contributed by atoms with Crippen LogP contribution in [0.5, 0.6) is 5.75 Å². The summed E-state index contributed by atoms with van der Waals surface area (Å²) in [5.41, 5.74) is 6.30. The molecule has 3 aromatic carbocycles. The Kier molecular flexibility index (Phi) is 7.64. The number of nitrogens with zero attached hydrogens (tertiary/aromatic N) is 1. The van der Waals surface area contributed by atoms with E-state index in [0.717, 1.165) is 34.2 Å². The molecule has 0 aromatic heterocycles. The van der Waals surface area contributed by atoms with Gasteiger partial charge in [-0.25, -0.2) is 13.6 Å². The van der Waals surface area contributed by atoms with Crippen molar-refractivity contribution < 1.29 is 33.0 Å². The first-order chi connectivity index (χ1) is 19.7.